The van der Waals surface area contributed by atoms with E-state index in [0.717, 1.165) is 31.7 Å². The zero-order chi connectivity index (χ0) is 15.7. The summed E-state index contributed by atoms with van der Waals surface area (Å²) in [6, 6.07) is 3.58. The van der Waals surface area contributed by atoms with E-state index in [1.54, 1.807) is 0 Å². The van der Waals surface area contributed by atoms with Gasteiger partial charge in [0.1, 0.15) is 11.6 Å². The van der Waals surface area contributed by atoms with Gasteiger partial charge in [0.15, 0.2) is 0 Å². The van der Waals surface area contributed by atoms with Crippen molar-refractivity contribution in [1.29, 1.82) is 0 Å². The van der Waals surface area contributed by atoms with Gasteiger partial charge in [0.05, 0.1) is 0 Å². The molecule has 2 rings (SSSR count). The number of hydrogen-bond acceptors (Lipinski definition) is 1. The molecule has 1 nitrogen and oxygen atoms in total. The highest BCUT2D eigenvalue weighted by atomic mass is 19.1. The third-order valence-corrected chi connectivity index (χ3v) is 5.18. The Morgan fingerprint density at radius 1 is 1.19 bits per heavy atom. The third-order valence-electron chi connectivity index (χ3n) is 5.18. The molecule has 0 aromatic heterocycles. The molecule has 1 aliphatic rings. The van der Waals surface area contributed by atoms with Gasteiger partial charge in [0.25, 0.3) is 0 Å². The standard InChI is InChI=1S/C18H26F2O/c1-17(2,3)14-6-8-18(12-21,9-7-14)11-13-10-15(19)4-5-16(13)20/h4-5,10,14,21H,6-9,11-12H2,1-3H3. The first kappa shape index (κ1) is 16.4. The molecule has 0 unspecified atom stereocenters. The minimum absolute atomic E-state index is 0.0415. The highest BCUT2D eigenvalue weighted by Crippen LogP contribution is 2.46. The van der Waals surface area contributed by atoms with Crippen LogP contribution in [0.1, 0.15) is 52.0 Å². The molecule has 1 aromatic carbocycles. The quantitative estimate of drug-likeness (QED) is 0.855. The van der Waals surface area contributed by atoms with Crippen LogP contribution in [0.15, 0.2) is 18.2 Å². The van der Waals surface area contributed by atoms with Gasteiger partial charge in [0.2, 0.25) is 0 Å². The summed E-state index contributed by atoms with van der Waals surface area (Å²) in [5.74, 6) is -0.153. The van der Waals surface area contributed by atoms with Crippen LogP contribution in [0, 0.1) is 28.4 Å². The van der Waals surface area contributed by atoms with Crippen LogP contribution < -0.4 is 0 Å². The number of rotatable bonds is 3. The summed E-state index contributed by atoms with van der Waals surface area (Å²) in [7, 11) is 0. The van der Waals surface area contributed by atoms with Crippen LogP contribution in [0.25, 0.3) is 0 Å². The number of hydrogen-bond donors (Lipinski definition) is 1. The van der Waals surface area contributed by atoms with Crippen molar-refractivity contribution in [3.63, 3.8) is 0 Å². The van der Waals surface area contributed by atoms with E-state index in [4.69, 9.17) is 0 Å². The lowest BCUT2D eigenvalue weighted by Gasteiger charge is -2.43. The van der Waals surface area contributed by atoms with Gasteiger partial charge in [0, 0.05) is 6.61 Å². The molecular weight excluding hydrogens is 270 g/mol. The van der Waals surface area contributed by atoms with Crippen molar-refractivity contribution in [3.05, 3.63) is 35.4 Å². The fourth-order valence-corrected chi connectivity index (χ4v) is 3.57. The van der Waals surface area contributed by atoms with Gasteiger partial charge < -0.3 is 5.11 Å². The Balaban J connectivity index is 2.12. The maximum Gasteiger partial charge on any atom is 0.126 e. The maximum absolute atomic E-state index is 13.8. The third kappa shape index (κ3) is 3.82. The van der Waals surface area contributed by atoms with Crippen LogP contribution in [0.4, 0.5) is 8.78 Å². The van der Waals surface area contributed by atoms with Gasteiger partial charge in [-0.2, -0.15) is 0 Å². The molecule has 1 fully saturated rings. The molecule has 1 N–H and O–H groups in total. The molecule has 0 atom stereocenters. The van der Waals surface area contributed by atoms with E-state index < -0.39 is 5.82 Å². The Labute approximate surface area is 126 Å². The first-order valence-corrected chi connectivity index (χ1v) is 7.81. The summed E-state index contributed by atoms with van der Waals surface area (Å²) in [6.07, 6.45) is 4.26. The van der Waals surface area contributed by atoms with E-state index in [-0.39, 0.29) is 23.3 Å². The number of benzene rings is 1. The van der Waals surface area contributed by atoms with Crippen LogP contribution in [-0.4, -0.2) is 11.7 Å². The van der Waals surface area contributed by atoms with Crippen molar-refractivity contribution in [1.82, 2.24) is 0 Å². The first-order chi connectivity index (χ1) is 9.76. The summed E-state index contributed by atoms with van der Waals surface area (Å²) >= 11 is 0. The Kier molecular flexibility index (Phi) is 4.72. The second-order valence-corrected chi connectivity index (χ2v) is 7.71. The molecular formula is C18H26F2O. The maximum atomic E-state index is 13.8. The van der Waals surface area contributed by atoms with Gasteiger partial charge in [-0.05, 0) is 72.6 Å². The Bertz CT molecular complexity index is 482. The van der Waals surface area contributed by atoms with Crippen LogP contribution in [0.2, 0.25) is 0 Å². The predicted molar refractivity (Wildman–Crippen MR) is 81.0 cm³/mol. The summed E-state index contributed by atoms with van der Waals surface area (Å²) in [6.45, 7) is 6.78. The lowest BCUT2D eigenvalue weighted by Crippen LogP contribution is -2.36. The number of halogens is 2. The largest absolute Gasteiger partial charge is 0.396 e. The van der Waals surface area contributed by atoms with Gasteiger partial charge in [-0.3, -0.25) is 0 Å². The van der Waals surface area contributed by atoms with Crippen molar-refractivity contribution in [3.8, 4) is 0 Å². The van der Waals surface area contributed by atoms with E-state index >= 15 is 0 Å². The van der Waals surface area contributed by atoms with E-state index in [0.29, 0.717) is 17.9 Å². The van der Waals surface area contributed by atoms with Gasteiger partial charge >= 0.3 is 0 Å². The van der Waals surface area contributed by atoms with Crippen molar-refractivity contribution in [2.24, 2.45) is 16.7 Å². The molecule has 118 valence electrons. The highest BCUT2D eigenvalue weighted by molar-refractivity contribution is 5.20. The van der Waals surface area contributed by atoms with Crippen LogP contribution in [0.3, 0.4) is 0 Å². The summed E-state index contributed by atoms with van der Waals surface area (Å²) in [5, 5.41) is 9.84. The first-order valence-electron chi connectivity index (χ1n) is 7.81. The number of aliphatic hydroxyl groups excluding tert-OH is 1. The fraction of sp³-hybridized carbons (Fsp3) is 0.667. The zero-order valence-electron chi connectivity index (χ0n) is 13.3. The summed E-state index contributed by atoms with van der Waals surface area (Å²) < 4.78 is 27.2. The molecule has 0 saturated heterocycles. The average Bonchev–Trinajstić information content (AvgIpc) is 2.42. The summed E-state index contributed by atoms with van der Waals surface area (Å²) in [5.41, 5.74) is 0.362. The van der Waals surface area contributed by atoms with Crippen LogP contribution in [-0.2, 0) is 6.42 Å². The SMILES string of the molecule is CC(C)(C)C1CCC(CO)(Cc2cc(F)ccc2F)CC1. The lowest BCUT2D eigenvalue weighted by atomic mass is 9.62. The van der Waals surface area contributed by atoms with Crippen molar-refractivity contribution in [2.45, 2.75) is 52.9 Å². The van der Waals surface area contributed by atoms with Gasteiger partial charge in [-0.1, -0.05) is 20.8 Å². The molecule has 3 heteroatoms. The van der Waals surface area contributed by atoms with Crippen molar-refractivity contribution >= 4 is 0 Å². The van der Waals surface area contributed by atoms with Gasteiger partial charge in [-0.15, -0.1) is 0 Å². The highest BCUT2D eigenvalue weighted by Gasteiger charge is 2.38. The van der Waals surface area contributed by atoms with E-state index in [2.05, 4.69) is 20.8 Å². The number of aliphatic hydroxyl groups is 1. The predicted octanol–water partition coefficient (Wildman–Crippen LogP) is 4.72. The van der Waals surface area contributed by atoms with E-state index in [9.17, 15) is 13.9 Å². The van der Waals surface area contributed by atoms with Crippen molar-refractivity contribution < 1.29 is 13.9 Å². The van der Waals surface area contributed by atoms with Crippen LogP contribution >= 0.6 is 0 Å². The second kappa shape index (κ2) is 6.04. The molecule has 0 bridgehead atoms. The fourth-order valence-electron chi connectivity index (χ4n) is 3.57. The minimum Gasteiger partial charge on any atom is -0.396 e. The molecule has 1 aliphatic carbocycles. The Morgan fingerprint density at radius 2 is 1.81 bits per heavy atom. The normalized spacial score (nSPS) is 26.9. The lowest BCUT2D eigenvalue weighted by molar-refractivity contribution is 0.0363. The average molecular weight is 296 g/mol. The molecule has 0 amide bonds. The minimum atomic E-state index is -0.414. The molecule has 0 heterocycles. The topological polar surface area (TPSA) is 20.2 Å². The molecule has 0 spiro atoms. The summed E-state index contributed by atoms with van der Waals surface area (Å²) in [4.78, 5) is 0. The van der Waals surface area contributed by atoms with Gasteiger partial charge in [-0.25, -0.2) is 8.78 Å². The molecule has 0 aliphatic heterocycles. The Morgan fingerprint density at radius 3 is 2.33 bits per heavy atom. The monoisotopic (exact) mass is 296 g/mol. The van der Waals surface area contributed by atoms with Crippen molar-refractivity contribution in [2.75, 3.05) is 6.61 Å². The zero-order valence-corrected chi connectivity index (χ0v) is 13.3. The molecule has 21 heavy (non-hydrogen) atoms. The smallest absolute Gasteiger partial charge is 0.126 e. The van der Waals surface area contributed by atoms with Crippen LogP contribution in [0.5, 0.6) is 0 Å². The molecule has 1 aromatic rings. The Hall–Kier alpha value is -0.960. The molecule has 1 saturated carbocycles. The van der Waals surface area contributed by atoms with E-state index in [1.165, 1.54) is 12.1 Å². The second-order valence-electron chi connectivity index (χ2n) is 7.71. The van der Waals surface area contributed by atoms with E-state index in [1.807, 2.05) is 0 Å². The molecule has 0 radical (unpaired) electrons.